The molecule has 0 spiro atoms. The summed E-state index contributed by atoms with van der Waals surface area (Å²) in [5.74, 6) is 0. The van der Waals surface area contributed by atoms with E-state index in [1.165, 1.54) is 0 Å². The molecule has 1 rings (SSSR count). The Bertz CT molecular complexity index is 283. The van der Waals surface area contributed by atoms with E-state index in [0.29, 0.717) is 11.4 Å². The number of nitrogens with zero attached hydrogens (tertiary/aromatic N) is 3. The third-order valence-electron chi connectivity index (χ3n) is 1.53. The van der Waals surface area contributed by atoms with Crippen molar-refractivity contribution in [3.8, 4) is 0 Å². The van der Waals surface area contributed by atoms with Crippen LogP contribution in [0.15, 0.2) is 9.98 Å². The monoisotopic (exact) mass is 168 g/mol. The minimum atomic E-state index is -1.25. The molecule has 0 aromatic rings. The van der Waals surface area contributed by atoms with Gasteiger partial charge in [-0.1, -0.05) is 0 Å². The predicted molar refractivity (Wildman–Crippen MR) is 44.7 cm³/mol. The van der Waals surface area contributed by atoms with Gasteiger partial charge in [-0.3, -0.25) is 15.5 Å². The van der Waals surface area contributed by atoms with Gasteiger partial charge in [-0.2, -0.15) is 9.98 Å². The lowest BCUT2D eigenvalue weighted by atomic mass is 10.1. The summed E-state index contributed by atoms with van der Waals surface area (Å²) in [6.07, 6.45) is -1.25. The van der Waals surface area contributed by atoms with E-state index in [-0.39, 0.29) is 5.71 Å². The normalized spacial score (nSPS) is 23.2. The van der Waals surface area contributed by atoms with Crippen molar-refractivity contribution in [3.05, 3.63) is 10.1 Å². The molecule has 0 saturated carbocycles. The Hall–Kier alpha value is -1.59. The van der Waals surface area contributed by atoms with Gasteiger partial charge in [0.05, 0.1) is 22.1 Å². The van der Waals surface area contributed by atoms with Crippen molar-refractivity contribution in [1.82, 2.24) is 0 Å². The van der Waals surface area contributed by atoms with Crippen LogP contribution in [0.4, 0.5) is 0 Å². The molecule has 0 aromatic carbocycles. The van der Waals surface area contributed by atoms with Gasteiger partial charge in [0.1, 0.15) is 0 Å². The van der Waals surface area contributed by atoms with Crippen molar-refractivity contribution < 1.29 is 4.92 Å². The highest BCUT2D eigenvalue weighted by atomic mass is 16.6. The van der Waals surface area contributed by atoms with Gasteiger partial charge in [-0.15, -0.1) is 0 Å². The van der Waals surface area contributed by atoms with Crippen LogP contribution in [0.25, 0.3) is 0 Å². The smallest absolute Gasteiger partial charge is 0.297 e. The number of hydrogen-bond acceptors (Lipinski definition) is 5. The van der Waals surface area contributed by atoms with Gasteiger partial charge in [-0.05, 0) is 13.8 Å². The largest absolute Gasteiger partial charge is 0.403 e. The molecular formula is C6H8N4O2. The van der Waals surface area contributed by atoms with Crippen LogP contribution in [-0.4, -0.2) is 28.3 Å². The summed E-state index contributed by atoms with van der Waals surface area (Å²) in [6.45, 7) is 3.13. The molecular weight excluding hydrogens is 160 g/mol. The van der Waals surface area contributed by atoms with Crippen LogP contribution in [0.3, 0.4) is 0 Å². The molecule has 6 heteroatoms. The molecule has 0 saturated heterocycles. The second-order valence-electron chi connectivity index (χ2n) is 2.44. The van der Waals surface area contributed by atoms with Crippen LogP contribution in [-0.2, 0) is 0 Å². The van der Waals surface area contributed by atoms with E-state index < -0.39 is 11.2 Å². The van der Waals surface area contributed by atoms with Crippen molar-refractivity contribution in [2.45, 2.75) is 20.1 Å². The molecule has 0 amide bonds. The highest BCUT2D eigenvalue weighted by Crippen LogP contribution is 2.04. The standard InChI is InChI=1S/C6H8N4O2/c1-3-5(7)4(2)9-6(8-3)10(11)12/h6-7H,1-2H3. The van der Waals surface area contributed by atoms with Gasteiger partial charge in [0, 0.05) is 0 Å². The maximum Gasteiger partial charge on any atom is 0.403 e. The van der Waals surface area contributed by atoms with Crippen LogP contribution < -0.4 is 0 Å². The van der Waals surface area contributed by atoms with Crippen molar-refractivity contribution in [1.29, 1.82) is 5.41 Å². The summed E-state index contributed by atoms with van der Waals surface area (Å²) in [5.41, 5.74) is 0.904. The fourth-order valence-electron chi connectivity index (χ4n) is 0.860. The van der Waals surface area contributed by atoms with Gasteiger partial charge in [-0.25, -0.2) is 0 Å². The number of hydrogen-bond donors (Lipinski definition) is 1. The molecule has 0 unspecified atom stereocenters. The van der Waals surface area contributed by atoms with Crippen molar-refractivity contribution in [2.75, 3.05) is 0 Å². The first kappa shape index (κ1) is 8.51. The number of rotatable bonds is 1. The fourth-order valence-corrected chi connectivity index (χ4v) is 0.860. The summed E-state index contributed by atoms with van der Waals surface area (Å²) in [6, 6.07) is 0. The quantitative estimate of drug-likeness (QED) is 0.456. The van der Waals surface area contributed by atoms with Crippen LogP contribution in [0.1, 0.15) is 13.8 Å². The molecule has 1 aliphatic heterocycles. The number of nitro groups is 1. The van der Waals surface area contributed by atoms with Crippen LogP contribution in [0.5, 0.6) is 0 Å². The molecule has 0 fully saturated rings. The Morgan fingerprint density at radius 3 is 2.17 bits per heavy atom. The average molecular weight is 168 g/mol. The van der Waals surface area contributed by atoms with E-state index in [1.807, 2.05) is 0 Å². The lowest BCUT2D eigenvalue weighted by Gasteiger charge is -2.10. The summed E-state index contributed by atoms with van der Waals surface area (Å²) >= 11 is 0. The Morgan fingerprint density at radius 1 is 1.42 bits per heavy atom. The predicted octanol–water partition coefficient (Wildman–Crippen LogP) is 0.502. The maximum atomic E-state index is 10.3. The van der Waals surface area contributed by atoms with E-state index in [4.69, 9.17) is 5.41 Å². The summed E-state index contributed by atoms with van der Waals surface area (Å²) in [5, 5.41) is 17.6. The zero-order chi connectivity index (χ0) is 9.30. The Morgan fingerprint density at radius 2 is 1.83 bits per heavy atom. The first-order valence-electron chi connectivity index (χ1n) is 3.34. The van der Waals surface area contributed by atoms with Gasteiger partial charge in [0.2, 0.25) is 0 Å². The van der Waals surface area contributed by atoms with Gasteiger partial charge in [0.25, 0.3) is 0 Å². The van der Waals surface area contributed by atoms with E-state index in [9.17, 15) is 10.1 Å². The van der Waals surface area contributed by atoms with Gasteiger partial charge >= 0.3 is 6.29 Å². The van der Waals surface area contributed by atoms with Gasteiger partial charge < -0.3 is 0 Å². The Kier molecular flexibility index (Phi) is 1.99. The second kappa shape index (κ2) is 2.80. The maximum absolute atomic E-state index is 10.3. The molecule has 1 N–H and O–H groups in total. The molecule has 64 valence electrons. The molecule has 0 aromatic heterocycles. The number of nitrogens with one attached hydrogen (secondary N) is 1. The molecule has 1 heterocycles. The fraction of sp³-hybridized carbons (Fsp3) is 0.500. The molecule has 12 heavy (non-hydrogen) atoms. The van der Waals surface area contributed by atoms with Crippen molar-refractivity contribution in [3.63, 3.8) is 0 Å². The van der Waals surface area contributed by atoms with E-state index >= 15 is 0 Å². The minimum absolute atomic E-state index is 0.174. The molecule has 1 aliphatic rings. The van der Waals surface area contributed by atoms with Crippen LogP contribution >= 0.6 is 0 Å². The third kappa shape index (κ3) is 1.36. The topological polar surface area (TPSA) is 91.7 Å². The molecule has 0 aliphatic carbocycles. The second-order valence-corrected chi connectivity index (χ2v) is 2.44. The summed E-state index contributed by atoms with van der Waals surface area (Å²) < 4.78 is 0. The zero-order valence-corrected chi connectivity index (χ0v) is 6.74. The highest BCUT2D eigenvalue weighted by Gasteiger charge is 2.24. The average Bonchev–Trinajstić information content (AvgIpc) is 1.99. The Labute approximate surface area is 68.7 Å². The first-order chi connectivity index (χ1) is 5.52. The molecule has 0 radical (unpaired) electrons. The van der Waals surface area contributed by atoms with E-state index in [2.05, 4.69) is 9.98 Å². The Balaban J connectivity index is 2.99. The highest BCUT2D eigenvalue weighted by molar-refractivity contribution is 6.67. The molecule has 0 bridgehead atoms. The van der Waals surface area contributed by atoms with E-state index in [1.54, 1.807) is 13.8 Å². The lowest BCUT2D eigenvalue weighted by Crippen LogP contribution is -2.30. The van der Waals surface area contributed by atoms with Crippen molar-refractivity contribution >= 4 is 17.1 Å². The molecule has 0 atom stereocenters. The van der Waals surface area contributed by atoms with Gasteiger partial charge in [0.15, 0.2) is 0 Å². The summed E-state index contributed by atoms with van der Waals surface area (Å²) in [4.78, 5) is 16.9. The SMILES string of the molecule is CC1=NC([N+](=O)[O-])N=C(C)C1=N. The van der Waals surface area contributed by atoms with Crippen LogP contribution in [0.2, 0.25) is 0 Å². The lowest BCUT2D eigenvalue weighted by molar-refractivity contribution is -0.518. The van der Waals surface area contributed by atoms with Crippen LogP contribution in [0, 0.1) is 15.5 Å². The van der Waals surface area contributed by atoms with Crippen molar-refractivity contribution in [2.24, 2.45) is 9.98 Å². The van der Waals surface area contributed by atoms with E-state index in [0.717, 1.165) is 0 Å². The minimum Gasteiger partial charge on any atom is -0.297 e. The first-order valence-corrected chi connectivity index (χ1v) is 3.34. The number of aliphatic imine (C=N–C) groups is 2. The zero-order valence-electron chi connectivity index (χ0n) is 6.74. The molecule has 6 nitrogen and oxygen atoms in total. The third-order valence-corrected chi connectivity index (χ3v) is 1.53. The summed E-state index contributed by atoms with van der Waals surface area (Å²) in [7, 11) is 0.